The van der Waals surface area contributed by atoms with Crippen molar-refractivity contribution < 1.29 is 17.7 Å². The third-order valence-electron chi connectivity index (χ3n) is 5.37. The second kappa shape index (κ2) is 7.47. The maximum atomic E-state index is 5.94. The van der Waals surface area contributed by atoms with Crippen LogP contribution in [0.25, 0.3) is 0 Å². The van der Waals surface area contributed by atoms with E-state index in [1.165, 1.54) is 5.56 Å². The van der Waals surface area contributed by atoms with Gasteiger partial charge in [0, 0.05) is 28.4 Å². The highest BCUT2D eigenvalue weighted by Gasteiger charge is 2.53. The molecule has 0 saturated carbocycles. The second-order valence-electron chi connectivity index (χ2n) is 6.24. The Balaban J connectivity index is 2.51. The molecule has 1 aliphatic rings. The van der Waals surface area contributed by atoms with Crippen molar-refractivity contribution in [1.29, 1.82) is 0 Å². The first-order valence-electron chi connectivity index (χ1n) is 8.07. The largest absolute Gasteiger partial charge is 0.397 e. The maximum absolute atomic E-state index is 5.94. The molecule has 132 valence electrons. The van der Waals surface area contributed by atoms with Gasteiger partial charge in [-0.2, -0.15) is 0 Å². The maximum Gasteiger partial charge on any atom is 0.368 e. The van der Waals surface area contributed by atoms with E-state index >= 15 is 0 Å². The Labute approximate surface area is 147 Å². The smallest absolute Gasteiger partial charge is 0.368 e. The highest BCUT2D eigenvalue weighted by Crippen LogP contribution is 2.43. The van der Waals surface area contributed by atoms with E-state index < -0.39 is 17.1 Å². The molecule has 1 aliphatic carbocycles. The average molecular weight is 365 g/mol. The zero-order valence-electron chi connectivity index (χ0n) is 15.5. The van der Waals surface area contributed by atoms with E-state index in [-0.39, 0.29) is 5.04 Å². The van der Waals surface area contributed by atoms with Gasteiger partial charge in [0.2, 0.25) is 0 Å². The minimum Gasteiger partial charge on any atom is -0.397 e. The Morgan fingerprint density at radius 2 is 1.46 bits per heavy atom. The van der Waals surface area contributed by atoms with E-state index in [4.69, 9.17) is 17.7 Å². The van der Waals surface area contributed by atoms with Crippen LogP contribution in [-0.4, -0.2) is 45.6 Å². The lowest BCUT2D eigenvalue weighted by molar-refractivity contribution is 0.222. The highest BCUT2D eigenvalue weighted by molar-refractivity contribution is 6.74. The molecule has 6 heteroatoms. The van der Waals surface area contributed by atoms with E-state index in [1.54, 1.807) is 28.4 Å². The molecule has 1 aromatic carbocycles. The molecule has 0 amide bonds. The third kappa shape index (κ3) is 3.10. The Morgan fingerprint density at radius 3 is 1.88 bits per heavy atom. The van der Waals surface area contributed by atoms with Gasteiger partial charge < -0.3 is 17.7 Å². The zero-order chi connectivity index (χ0) is 17.8. The normalized spacial score (nSPS) is 21.7. The summed E-state index contributed by atoms with van der Waals surface area (Å²) in [5.74, 6) is 0. The summed E-state index contributed by atoms with van der Waals surface area (Å²) in [6.45, 7) is 4.17. The van der Waals surface area contributed by atoms with Crippen LogP contribution < -0.4 is 0 Å². The van der Waals surface area contributed by atoms with Gasteiger partial charge in [0.1, 0.15) is 0 Å². The van der Waals surface area contributed by atoms with Crippen LogP contribution in [0, 0.1) is 0 Å². The standard InChI is InChI=1S/C18H28O4Si2/c1-19-23(5,20-2)17-12-14-18(15-13-17,24(6,21-3)22-4)16-10-8-7-9-11-16/h7-14H,15H2,1-6H3. The second-order valence-corrected chi connectivity index (χ2v) is 13.1. The number of allylic oxidation sites excluding steroid dienone is 4. The molecule has 24 heavy (non-hydrogen) atoms. The molecule has 4 nitrogen and oxygen atoms in total. The monoisotopic (exact) mass is 364 g/mol. The Hall–Kier alpha value is -1.03. The van der Waals surface area contributed by atoms with E-state index in [1.807, 2.05) is 6.07 Å². The van der Waals surface area contributed by atoms with Crippen molar-refractivity contribution in [2.45, 2.75) is 24.6 Å². The molecular formula is C18H28O4Si2. The highest BCUT2D eigenvalue weighted by atomic mass is 28.4. The molecule has 0 spiro atoms. The van der Waals surface area contributed by atoms with Crippen LogP contribution in [-0.2, 0) is 22.7 Å². The van der Waals surface area contributed by atoms with E-state index in [0.29, 0.717) is 0 Å². The lowest BCUT2D eigenvalue weighted by Crippen LogP contribution is -2.57. The minimum absolute atomic E-state index is 0.280. The summed E-state index contributed by atoms with van der Waals surface area (Å²) in [5, 5.41) is 0.862. The molecule has 0 saturated heterocycles. The fourth-order valence-corrected chi connectivity index (χ4v) is 7.23. The van der Waals surface area contributed by atoms with Gasteiger partial charge in [0.25, 0.3) is 0 Å². The van der Waals surface area contributed by atoms with Crippen LogP contribution in [0.5, 0.6) is 0 Å². The van der Waals surface area contributed by atoms with Crippen molar-refractivity contribution in [1.82, 2.24) is 0 Å². The van der Waals surface area contributed by atoms with E-state index in [0.717, 1.165) is 11.6 Å². The van der Waals surface area contributed by atoms with Crippen molar-refractivity contribution >= 4 is 17.1 Å². The molecule has 0 N–H and O–H groups in total. The zero-order valence-corrected chi connectivity index (χ0v) is 17.5. The van der Waals surface area contributed by atoms with Crippen LogP contribution >= 0.6 is 0 Å². The summed E-state index contributed by atoms with van der Waals surface area (Å²) in [6.07, 6.45) is 7.41. The Morgan fingerprint density at radius 1 is 0.875 bits per heavy atom. The molecule has 0 heterocycles. The molecule has 0 aromatic heterocycles. The first-order chi connectivity index (χ1) is 11.4. The number of hydrogen-bond donors (Lipinski definition) is 0. The van der Waals surface area contributed by atoms with Crippen LogP contribution in [0.15, 0.2) is 53.8 Å². The van der Waals surface area contributed by atoms with Gasteiger partial charge in [-0.25, -0.2) is 0 Å². The minimum atomic E-state index is -2.49. The summed E-state index contributed by atoms with van der Waals surface area (Å²) in [7, 11) is 2.10. The first kappa shape index (κ1) is 19.3. The van der Waals surface area contributed by atoms with Crippen LogP contribution in [0.2, 0.25) is 13.1 Å². The fraction of sp³-hybridized carbons (Fsp3) is 0.444. The van der Waals surface area contributed by atoms with Crippen molar-refractivity contribution in [3.63, 3.8) is 0 Å². The number of rotatable bonds is 7. The first-order valence-corrected chi connectivity index (χ1v) is 12.7. The molecule has 0 radical (unpaired) electrons. The molecule has 2 rings (SSSR count). The predicted octanol–water partition coefficient (Wildman–Crippen LogP) is 3.62. The Kier molecular flexibility index (Phi) is 6.01. The molecule has 1 unspecified atom stereocenters. The molecular weight excluding hydrogens is 336 g/mol. The predicted molar refractivity (Wildman–Crippen MR) is 101 cm³/mol. The van der Waals surface area contributed by atoms with Crippen molar-refractivity contribution in [3.05, 3.63) is 59.3 Å². The summed E-state index contributed by atoms with van der Waals surface area (Å²) in [5.41, 5.74) is 1.22. The summed E-state index contributed by atoms with van der Waals surface area (Å²) < 4.78 is 23.3. The van der Waals surface area contributed by atoms with Gasteiger partial charge in [-0.3, -0.25) is 0 Å². The lowest BCUT2D eigenvalue weighted by atomic mass is 9.91. The molecule has 0 aliphatic heterocycles. The third-order valence-corrected chi connectivity index (χ3v) is 12.2. The van der Waals surface area contributed by atoms with Crippen molar-refractivity contribution in [2.24, 2.45) is 0 Å². The summed E-state index contributed by atoms with van der Waals surface area (Å²) in [4.78, 5) is 0. The van der Waals surface area contributed by atoms with Crippen molar-refractivity contribution in [3.8, 4) is 0 Å². The number of benzene rings is 1. The van der Waals surface area contributed by atoms with Gasteiger partial charge in [-0.15, -0.1) is 0 Å². The van der Waals surface area contributed by atoms with Gasteiger partial charge in [-0.05, 0) is 30.3 Å². The van der Waals surface area contributed by atoms with Gasteiger partial charge in [0.05, 0.1) is 5.04 Å². The summed E-state index contributed by atoms with van der Waals surface area (Å²) >= 11 is 0. The molecule has 1 atom stereocenters. The SMILES string of the molecule is CO[Si](C)(OC)C1=CCC(c2ccccc2)([Si](C)(OC)OC)C=C1. The van der Waals surface area contributed by atoms with Crippen LogP contribution in [0.4, 0.5) is 0 Å². The van der Waals surface area contributed by atoms with Crippen LogP contribution in [0.1, 0.15) is 12.0 Å². The average Bonchev–Trinajstić information content (AvgIpc) is 2.67. The molecule has 0 bridgehead atoms. The Bertz CT molecular complexity index is 607. The number of hydrogen-bond acceptors (Lipinski definition) is 4. The summed E-state index contributed by atoms with van der Waals surface area (Å²) in [6, 6.07) is 10.5. The van der Waals surface area contributed by atoms with Gasteiger partial charge >= 0.3 is 17.1 Å². The van der Waals surface area contributed by atoms with E-state index in [2.05, 4.69) is 55.6 Å². The topological polar surface area (TPSA) is 36.9 Å². The molecule has 1 aromatic rings. The van der Waals surface area contributed by atoms with Crippen molar-refractivity contribution in [2.75, 3.05) is 28.4 Å². The van der Waals surface area contributed by atoms with E-state index in [9.17, 15) is 0 Å². The fourth-order valence-electron chi connectivity index (χ4n) is 3.29. The van der Waals surface area contributed by atoms with Gasteiger partial charge in [0.15, 0.2) is 0 Å². The quantitative estimate of drug-likeness (QED) is 0.693. The molecule has 0 fully saturated rings. The lowest BCUT2D eigenvalue weighted by Gasteiger charge is -2.44. The van der Waals surface area contributed by atoms with Crippen LogP contribution in [0.3, 0.4) is 0 Å². The van der Waals surface area contributed by atoms with Gasteiger partial charge in [-0.1, -0.05) is 48.6 Å².